The first-order valence-electron chi connectivity index (χ1n) is 12.3. The SMILES string of the molecule is CCC(C)C(NC(=O)C(Cc1c[nH]c2ccccc12)NC(=O)CN)C(=O)NC(CCCCN)C(=O)O. The number of aromatic amines is 1. The summed E-state index contributed by atoms with van der Waals surface area (Å²) in [4.78, 5) is 53.3. The summed E-state index contributed by atoms with van der Waals surface area (Å²) in [5.74, 6) is -3.09. The summed E-state index contributed by atoms with van der Waals surface area (Å²) in [5.41, 5.74) is 12.7. The maximum Gasteiger partial charge on any atom is 0.326 e. The molecule has 4 atom stereocenters. The van der Waals surface area contributed by atoms with Gasteiger partial charge < -0.3 is 37.5 Å². The summed E-state index contributed by atoms with van der Waals surface area (Å²) in [6, 6.07) is 4.52. The van der Waals surface area contributed by atoms with Crippen molar-refractivity contribution in [2.45, 2.75) is 64.1 Å². The van der Waals surface area contributed by atoms with E-state index in [4.69, 9.17) is 11.5 Å². The number of aromatic nitrogens is 1. The van der Waals surface area contributed by atoms with Crippen LogP contribution in [-0.4, -0.2) is 65.0 Å². The molecule has 198 valence electrons. The van der Waals surface area contributed by atoms with Crippen molar-refractivity contribution >= 4 is 34.6 Å². The van der Waals surface area contributed by atoms with Crippen LogP contribution >= 0.6 is 0 Å². The minimum Gasteiger partial charge on any atom is -0.480 e. The van der Waals surface area contributed by atoms with E-state index >= 15 is 0 Å². The molecule has 3 amide bonds. The fourth-order valence-electron chi connectivity index (χ4n) is 3.95. The zero-order valence-electron chi connectivity index (χ0n) is 20.9. The molecule has 0 saturated carbocycles. The van der Waals surface area contributed by atoms with Crippen molar-refractivity contribution in [1.82, 2.24) is 20.9 Å². The van der Waals surface area contributed by atoms with Crippen LogP contribution in [0, 0.1) is 5.92 Å². The van der Waals surface area contributed by atoms with Crippen molar-refractivity contribution in [2.75, 3.05) is 13.1 Å². The number of nitrogens with two attached hydrogens (primary N) is 2. The van der Waals surface area contributed by atoms with Gasteiger partial charge in [0.1, 0.15) is 18.1 Å². The summed E-state index contributed by atoms with van der Waals surface area (Å²) in [6.45, 7) is 3.79. The van der Waals surface area contributed by atoms with Gasteiger partial charge in [0.25, 0.3) is 0 Å². The number of carbonyl (C=O) groups is 4. The van der Waals surface area contributed by atoms with E-state index in [9.17, 15) is 24.3 Å². The van der Waals surface area contributed by atoms with Crippen LogP contribution in [0.1, 0.15) is 45.1 Å². The van der Waals surface area contributed by atoms with E-state index < -0.39 is 41.8 Å². The molecule has 1 heterocycles. The average Bonchev–Trinajstić information content (AvgIpc) is 3.28. The molecule has 11 heteroatoms. The van der Waals surface area contributed by atoms with E-state index in [0.717, 1.165) is 16.5 Å². The molecule has 1 aromatic heterocycles. The summed E-state index contributed by atoms with van der Waals surface area (Å²) < 4.78 is 0. The Balaban J connectivity index is 2.22. The van der Waals surface area contributed by atoms with Crippen LogP contribution in [0.2, 0.25) is 0 Å². The second-order valence-electron chi connectivity index (χ2n) is 8.94. The maximum absolute atomic E-state index is 13.3. The molecule has 0 aliphatic carbocycles. The number of carboxylic acid groups (broad SMARTS) is 1. The molecule has 0 fully saturated rings. The Morgan fingerprint density at radius 3 is 2.36 bits per heavy atom. The van der Waals surface area contributed by atoms with E-state index in [1.807, 2.05) is 31.2 Å². The molecule has 0 aliphatic rings. The Morgan fingerprint density at radius 2 is 1.72 bits per heavy atom. The summed E-state index contributed by atoms with van der Waals surface area (Å²) in [6.07, 6.45) is 3.93. The van der Waals surface area contributed by atoms with Gasteiger partial charge in [0.05, 0.1) is 6.54 Å². The molecule has 1 aromatic carbocycles. The fourth-order valence-corrected chi connectivity index (χ4v) is 3.95. The van der Waals surface area contributed by atoms with Crippen molar-refractivity contribution in [3.8, 4) is 0 Å². The number of benzene rings is 1. The van der Waals surface area contributed by atoms with Gasteiger partial charge in [-0.25, -0.2) is 4.79 Å². The lowest BCUT2D eigenvalue weighted by molar-refractivity contribution is -0.143. The van der Waals surface area contributed by atoms with Gasteiger partial charge >= 0.3 is 5.97 Å². The fraction of sp³-hybridized carbons (Fsp3) is 0.520. The quantitative estimate of drug-likeness (QED) is 0.171. The van der Waals surface area contributed by atoms with Gasteiger partial charge in [-0.3, -0.25) is 14.4 Å². The summed E-state index contributed by atoms with van der Waals surface area (Å²) >= 11 is 0. The number of H-pyrrole nitrogens is 1. The number of amides is 3. The van der Waals surface area contributed by atoms with Gasteiger partial charge in [0.15, 0.2) is 0 Å². The number of rotatable bonds is 15. The number of aliphatic carboxylic acids is 1. The van der Waals surface area contributed by atoms with E-state index in [0.29, 0.717) is 25.8 Å². The molecule has 36 heavy (non-hydrogen) atoms. The Bertz CT molecular complexity index is 1040. The van der Waals surface area contributed by atoms with Crippen LogP contribution < -0.4 is 27.4 Å². The van der Waals surface area contributed by atoms with E-state index in [1.54, 1.807) is 13.1 Å². The highest BCUT2D eigenvalue weighted by Crippen LogP contribution is 2.19. The summed E-state index contributed by atoms with van der Waals surface area (Å²) in [7, 11) is 0. The number of fused-ring (bicyclic) bond motifs is 1. The monoisotopic (exact) mass is 502 g/mol. The highest BCUT2D eigenvalue weighted by molar-refractivity contribution is 5.94. The molecule has 0 bridgehead atoms. The molecule has 0 spiro atoms. The van der Waals surface area contributed by atoms with Crippen LogP contribution in [0.5, 0.6) is 0 Å². The minimum atomic E-state index is -1.15. The Kier molecular flexibility index (Phi) is 11.4. The topological polar surface area (TPSA) is 192 Å². The van der Waals surface area contributed by atoms with Crippen molar-refractivity contribution in [3.05, 3.63) is 36.0 Å². The zero-order chi connectivity index (χ0) is 26.7. The normalized spacial score (nSPS) is 14.4. The molecule has 0 saturated heterocycles. The predicted octanol–water partition coefficient (Wildman–Crippen LogP) is 0.383. The van der Waals surface area contributed by atoms with Crippen molar-refractivity contribution in [3.63, 3.8) is 0 Å². The predicted molar refractivity (Wildman–Crippen MR) is 137 cm³/mol. The van der Waals surface area contributed by atoms with Gasteiger partial charge in [-0.15, -0.1) is 0 Å². The smallest absolute Gasteiger partial charge is 0.326 e. The Labute approximate surface area is 210 Å². The maximum atomic E-state index is 13.3. The average molecular weight is 503 g/mol. The molecule has 11 nitrogen and oxygen atoms in total. The number of para-hydroxylation sites is 1. The molecule has 0 radical (unpaired) electrons. The van der Waals surface area contributed by atoms with Crippen LogP contribution in [0.25, 0.3) is 10.9 Å². The largest absolute Gasteiger partial charge is 0.480 e. The third-order valence-electron chi connectivity index (χ3n) is 6.29. The van der Waals surface area contributed by atoms with Gasteiger partial charge in [-0.2, -0.15) is 0 Å². The Morgan fingerprint density at radius 1 is 1.00 bits per heavy atom. The van der Waals surface area contributed by atoms with Gasteiger partial charge in [-0.1, -0.05) is 38.5 Å². The second-order valence-corrected chi connectivity index (χ2v) is 8.94. The lowest BCUT2D eigenvalue weighted by Gasteiger charge is -2.27. The standard InChI is InChI=1S/C25H38N6O5/c1-3-15(2)22(24(34)30-19(25(35)36)10-6-7-11-26)31-23(33)20(29-21(32)13-27)12-16-14-28-18-9-5-4-8-17(16)18/h4-5,8-9,14-15,19-20,22,28H,3,6-7,10-13,26-27H2,1-2H3,(H,29,32)(H,30,34)(H,31,33)(H,35,36). The lowest BCUT2D eigenvalue weighted by Crippen LogP contribution is -2.58. The van der Waals surface area contributed by atoms with Crippen molar-refractivity contribution < 1.29 is 24.3 Å². The molecule has 9 N–H and O–H groups in total. The molecule has 0 aliphatic heterocycles. The van der Waals surface area contributed by atoms with Gasteiger partial charge in [0, 0.05) is 23.5 Å². The lowest BCUT2D eigenvalue weighted by atomic mass is 9.96. The van der Waals surface area contributed by atoms with Crippen molar-refractivity contribution in [2.24, 2.45) is 17.4 Å². The van der Waals surface area contributed by atoms with E-state index in [-0.39, 0.29) is 25.3 Å². The summed E-state index contributed by atoms with van der Waals surface area (Å²) in [5, 5.41) is 18.4. The molecule has 4 unspecified atom stereocenters. The highest BCUT2D eigenvalue weighted by Gasteiger charge is 2.32. The second kappa shape index (κ2) is 14.2. The van der Waals surface area contributed by atoms with E-state index in [1.165, 1.54) is 0 Å². The number of hydrogen-bond acceptors (Lipinski definition) is 6. The van der Waals surface area contributed by atoms with Gasteiger partial charge in [-0.05, 0) is 43.4 Å². The first-order valence-corrected chi connectivity index (χ1v) is 12.3. The van der Waals surface area contributed by atoms with Gasteiger partial charge in [0.2, 0.25) is 17.7 Å². The van der Waals surface area contributed by atoms with Crippen LogP contribution in [-0.2, 0) is 25.6 Å². The molecular formula is C25H38N6O5. The zero-order valence-corrected chi connectivity index (χ0v) is 20.9. The number of hydrogen-bond donors (Lipinski definition) is 7. The number of unbranched alkanes of at least 4 members (excludes halogenated alkanes) is 1. The van der Waals surface area contributed by atoms with Crippen LogP contribution in [0.4, 0.5) is 0 Å². The molecule has 2 aromatic rings. The van der Waals surface area contributed by atoms with E-state index in [2.05, 4.69) is 20.9 Å². The number of carboxylic acids is 1. The first kappa shape index (κ1) is 28.8. The number of carbonyl (C=O) groups excluding carboxylic acids is 3. The third kappa shape index (κ3) is 8.06. The van der Waals surface area contributed by atoms with Crippen molar-refractivity contribution in [1.29, 1.82) is 0 Å². The molecular weight excluding hydrogens is 464 g/mol. The first-order chi connectivity index (χ1) is 17.2. The number of nitrogens with one attached hydrogen (secondary N) is 4. The third-order valence-corrected chi connectivity index (χ3v) is 6.29. The Hall–Kier alpha value is -3.44. The van der Waals surface area contributed by atoms with Crippen LogP contribution in [0.15, 0.2) is 30.5 Å². The minimum absolute atomic E-state index is 0.174. The highest BCUT2D eigenvalue weighted by atomic mass is 16.4. The van der Waals surface area contributed by atoms with Crippen LogP contribution in [0.3, 0.4) is 0 Å². The molecule has 2 rings (SSSR count).